The molecule has 0 radical (unpaired) electrons. The SMILES string of the molecule is C=CCOc1ccc(C(O)=C2C(=O)C(=O)N(CCCN3CCOCC3)[C@@H]2c2ccccc2F)c(C)c1. The van der Waals surface area contributed by atoms with E-state index in [2.05, 4.69) is 11.5 Å². The highest BCUT2D eigenvalue weighted by Crippen LogP contribution is 2.41. The van der Waals surface area contributed by atoms with Crippen LogP contribution < -0.4 is 4.74 Å². The Morgan fingerprint density at radius 1 is 1.19 bits per heavy atom. The summed E-state index contributed by atoms with van der Waals surface area (Å²) in [5.74, 6) is -1.85. The van der Waals surface area contributed by atoms with Gasteiger partial charge in [0.2, 0.25) is 0 Å². The molecule has 0 aromatic heterocycles. The first-order chi connectivity index (χ1) is 17.4. The largest absolute Gasteiger partial charge is 0.507 e. The average molecular weight is 495 g/mol. The van der Waals surface area contributed by atoms with Crippen LogP contribution in [0.15, 0.2) is 60.7 Å². The number of aryl methyl sites for hydroxylation is 1. The van der Waals surface area contributed by atoms with Gasteiger partial charge in [0.15, 0.2) is 0 Å². The van der Waals surface area contributed by atoms with E-state index in [0.717, 1.165) is 19.6 Å². The maximum Gasteiger partial charge on any atom is 0.295 e. The van der Waals surface area contributed by atoms with Gasteiger partial charge in [-0.1, -0.05) is 30.9 Å². The molecule has 36 heavy (non-hydrogen) atoms. The van der Waals surface area contributed by atoms with Crippen LogP contribution in [-0.4, -0.2) is 72.6 Å². The predicted octanol–water partition coefficient (Wildman–Crippen LogP) is 3.84. The zero-order valence-corrected chi connectivity index (χ0v) is 20.4. The predicted molar refractivity (Wildman–Crippen MR) is 134 cm³/mol. The summed E-state index contributed by atoms with van der Waals surface area (Å²) in [6, 6.07) is 10.1. The van der Waals surface area contributed by atoms with Gasteiger partial charge < -0.3 is 19.5 Å². The minimum absolute atomic E-state index is 0.112. The van der Waals surface area contributed by atoms with Crippen LogP contribution in [0.25, 0.3) is 5.76 Å². The molecule has 0 saturated carbocycles. The van der Waals surface area contributed by atoms with Crippen molar-refractivity contribution in [3.63, 3.8) is 0 Å². The molecule has 2 heterocycles. The molecule has 190 valence electrons. The summed E-state index contributed by atoms with van der Waals surface area (Å²) in [6.07, 6.45) is 2.23. The number of aliphatic hydroxyl groups excluding tert-OH is 1. The third-order valence-corrected chi connectivity index (χ3v) is 6.54. The van der Waals surface area contributed by atoms with Gasteiger partial charge in [0.25, 0.3) is 11.7 Å². The number of carbonyl (C=O) groups excluding carboxylic acids is 2. The monoisotopic (exact) mass is 494 g/mol. The Morgan fingerprint density at radius 3 is 2.64 bits per heavy atom. The Balaban J connectivity index is 1.69. The second kappa shape index (κ2) is 11.5. The maximum atomic E-state index is 15.0. The van der Waals surface area contributed by atoms with E-state index in [1.165, 1.54) is 11.0 Å². The lowest BCUT2D eigenvalue weighted by molar-refractivity contribution is -0.140. The number of rotatable bonds is 9. The Labute approximate surface area is 210 Å². The third kappa shape index (κ3) is 5.34. The maximum absolute atomic E-state index is 15.0. The van der Waals surface area contributed by atoms with Crippen molar-refractivity contribution in [3.05, 3.63) is 83.2 Å². The minimum atomic E-state index is -1.02. The van der Waals surface area contributed by atoms with Crippen LogP contribution >= 0.6 is 0 Å². The molecule has 1 N–H and O–H groups in total. The van der Waals surface area contributed by atoms with Crippen LogP contribution in [0.3, 0.4) is 0 Å². The van der Waals surface area contributed by atoms with Crippen molar-refractivity contribution in [2.75, 3.05) is 46.0 Å². The van der Waals surface area contributed by atoms with Gasteiger partial charge in [0.05, 0.1) is 24.8 Å². The number of halogens is 1. The molecular weight excluding hydrogens is 463 g/mol. The van der Waals surface area contributed by atoms with Crippen LogP contribution in [0.5, 0.6) is 5.75 Å². The minimum Gasteiger partial charge on any atom is -0.507 e. The topological polar surface area (TPSA) is 79.3 Å². The van der Waals surface area contributed by atoms with E-state index >= 15 is 0 Å². The number of hydrogen-bond donors (Lipinski definition) is 1. The number of carbonyl (C=O) groups is 2. The molecule has 8 heteroatoms. The van der Waals surface area contributed by atoms with Gasteiger partial charge in [-0.25, -0.2) is 4.39 Å². The lowest BCUT2D eigenvalue weighted by atomic mass is 9.93. The number of nitrogens with zero attached hydrogens (tertiary/aromatic N) is 2. The van der Waals surface area contributed by atoms with Gasteiger partial charge in [-0.2, -0.15) is 0 Å². The Kier molecular flexibility index (Phi) is 8.18. The van der Waals surface area contributed by atoms with Crippen molar-refractivity contribution >= 4 is 17.4 Å². The van der Waals surface area contributed by atoms with Crippen molar-refractivity contribution < 1.29 is 28.6 Å². The molecule has 7 nitrogen and oxygen atoms in total. The number of benzene rings is 2. The average Bonchev–Trinajstić information content (AvgIpc) is 3.13. The number of aliphatic hydroxyl groups is 1. The van der Waals surface area contributed by atoms with Crippen LogP contribution in [0.4, 0.5) is 4.39 Å². The molecule has 0 aliphatic carbocycles. The molecule has 2 aromatic carbocycles. The molecule has 0 spiro atoms. The van der Waals surface area contributed by atoms with E-state index in [-0.39, 0.29) is 23.4 Å². The zero-order chi connectivity index (χ0) is 25.7. The van der Waals surface area contributed by atoms with Crippen molar-refractivity contribution in [2.45, 2.75) is 19.4 Å². The number of Topliss-reactive ketones (excluding diaryl/α,β-unsaturated/α-hetero) is 1. The van der Waals surface area contributed by atoms with Gasteiger partial charge in [-0.15, -0.1) is 0 Å². The van der Waals surface area contributed by atoms with E-state index in [4.69, 9.17) is 9.47 Å². The van der Waals surface area contributed by atoms with Crippen molar-refractivity contribution in [2.24, 2.45) is 0 Å². The number of morpholine rings is 1. The van der Waals surface area contributed by atoms with E-state index in [1.54, 1.807) is 49.4 Å². The first kappa shape index (κ1) is 25.6. The van der Waals surface area contributed by atoms with E-state index in [1.807, 2.05) is 0 Å². The summed E-state index contributed by atoms with van der Waals surface area (Å²) in [6.45, 7) is 9.64. The summed E-state index contributed by atoms with van der Waals surface area (Å²) >= 11 is 0. The quantitative estimate of drug-likeness (QED) is 0.247. The van der Waals surface area contributed by atoms with Crippen LogP contribution in [0.1, 0.15) is 29.2 Å². The van der Waals surface area contributed by atoms with Crippen LogP contribution in [0.2, 0.25) is 0 Å². The Bertz CT molecular complexity index is 1170. The number of likely N-dealkylation sites (tertiary alicyclic amines) is 1. The molecule has 4 rings (SSSR count). The standard InChI is InChI=1S/C28H31FN2O5/c1-3-15-36-20-9-10-21(19(2)18-20)26(32)24-25(22-7-4-5-8-23(22)29)31(28(34)27(24)33)12-6-11-30-13-16-35-17-14-30/h3-5,7-10,18,25,32H,1,6,11-17H2,2H3/t25-/m1/s1. The summed E-state index contributed by atoms with van der Waals surface area (Å²) in [5, 5.41) is 11.3. The van der Waals surface area contributed by atoms with Gasteiger partial charge in [-0.05, 0) is 43.2 Å². The smallest absolute Gasteiger partial charge is 0.295 e. The number of ether oxygens (including phenoxy) is 2. The number of ketones is 1. The van der Waals surface area contributed by atoms with E-state index in [0.29, 0.717) is 43.1 Å². The van der Waals surface area contributed by atoms with Crippen LogP contribution in [0, 0.1) is 12.7 Å². The van der Waals surface area contributed by atoms with E-state index < -0.39 is 23.5 Å². The number of hydrogen-bond acceptors (Lipinski definition) is 6. The van der Waals surface area contributed by atoms with Crippen LogP contribution in [-0.2, 0) is 14.3 Å². The third-order valence-electron chi connectivity index (χ3n) is 6.54. The molecule has 2 aliphatic heterocycles. The summed E-state index contributed by atoms with van der Waals surface area (Å²) in [5.41, 5.74) is 1.10. The highest BCUT2D eigenvalue weighted by atomic mass is 19.1. The number of amides is 1. The second-order valence-electron chi connectivity index (χ2n) is 8.90. The lowest BCUT2D eigenvalue weighted by Gasteiger charge is -2.29. The van der Waals surface area contributed by atoms with E-state index in [9.17, 15) is 19.1 Å². The summed E-state index contributed by atoms with van der Waals surface area (Å²) < 4.78 is 25.9. The van der Waals surface area contributed by atoms with Crippen molar-refractivity contribution in [1.29, 1.82) is 0 Å². The molecule has 0 bridgehead atoms. The molecule has 1 amide bonds. The molecular formula is C28H31FN2O5. The molecule has 2 aliphatic rings. The lowest BCUT2D eigenvalue weighted by Crippen LogP contribution is -2.39. The summed E-state index contributed by atoms with van der Waals surface area (Å²) in [7, 11) is 0. The van der Waals surface area contributed by atoms with Gasteiger partial charge in [0.1, 0.15) is 23.9 Å². The highest BCUT2D eigenvalue weighted by molar-refractivity contribution is 6.46. The molecule has 2 aromatic rings. The fraction of sp³-hybridized carbons (Fsp3) is 0.357. The highest BCUT2D eigenvalue weighted by Gasteiger charge is 2.46. The summed E-state index contributed by atoms with van der Waals surface area (Å²) in [4.78, 5) is 30.0. The first-order valence-electron chi connectivity index (χ1n) is 12.1. The van der Waals surface area contributed by atoms with Gasteiger partial charge in [0, 0.05) is 37.3 Å². The molecule has 2 fully saturated rings. The van der Waals surface area contributed by atoms with Crippen molar-refractivity contribution in [3.8, 4) is 5.75 Å². The Hall–Kier alpha value is -3.49. The molecule has 2 saturated heterocycles. The van der Waals surface area contributed by atoms with Gasteiger partial charge in [-0.3, -0.25) is 14.5 Å². The zero-order valence-electron chi connectivity index (χ0n) is 20.4. The fourth-order valence-electron chi connectivity index (χ4n) is 4.71. The Morgan fingerprint density at radius 2 is 1.94 bits per heavy atom. The fourth-order valence-corrected chi connectivity index (χ4v) is 4.71. The molecule has 1 atom stereocenters. The normalized spacial score (nSPS) is 20.1. The molecule has 0 unspecified atom stereocenters. The second-order valence-corrected chi connectivity index (χ2v) is 8.90. The first-order valence-corrected chi connectivity index (χ1v) is 12.1. The van der Waals surface area contributed by atoms with Gasteiger partial charge >= 0.3 is 0 Å². The van der Waals surface area contributed by atoms with Crippen molar-refractivity contribution in [1.82, 2.24) is 9.80 Å².